The van der Waals surface area contributed by atoms with E-state index in [9.17, 15) is 13.2 Å². The van der Waals surface area contributed by atoms with Gasteiger partial charge in [-0.15, -0.1) is 0 Å². The highest BCUT2D eigenvalue weighted by Gasteiger charge is 2.25. The zero-order valence-corrected chi connectivity index (χ0v) is 18.1. The van der Waals surface area contributed by atoms with Gasteiger partial charge >= 0.3 is 6.18 Å². The van der Waals surface area contributed by atoms with Gasteiger partial charge in [0, 0.05) is 14.6 Å². The molecule has 5 heteroatoms. The normalized spacial score (nSPS) is 12.2. The van der Waals surface area contributed by atoms with Crippen LogP contribution in [0.15, 0.2) is 0 Å². The molecule has 0 aliphatic heterocycles. The lowest BCUT2D eigenvalue weighted by atomic mass is 10.0. The van der Waals surface area contributed by atoms with E-state index in [0.717, 1.165) is 25.9 Å². The molecule has 0 aliphatic rings. The number of alkyl halides is 3. The predicted molar refractivity (Wildman–Crippen MR) is 109 cm³/mol. The first-order valence-electron chi connectivity index (χ1n) is 10.8. The van der Waals surface area contributed by atoms with Gasteiger partial charge in [0.05, 0.1) is 6.61 Å². The molecule has 0 saturated heterocycles. The Labute approximate surface area is 161 Å². The fourth-order valence-corrected chi connectivity index (χ4v) is 3.64. The van der Waals surface area contributed by atoms with Gasteiger partial charge in [-0.2, -0.15) is 13.2 Å². The van der Waals surface area contributed by atoms with E-state index in [1.807, 2.05) is 0 Å². The maximum atomic E-state index is 12.0. The molecule has 0 aromatic rings. The zero-order valence-electron chi connectivity index (χ0n) is 17.2. The summed E-state index contributed by atoms with van der Waals surface area (Å²) in [6.45, 7) is 5.24. The molecule has 0 heterocycles. The van der Waals surface area contributed by atoms with E-state index in [4.69, 9.17) is 4.52 Å². The van der Waals surface area contributed by atoms with Gasteiger partial charge in [0.15, 0.2) is 0 Å². The third-order valence-electron chi connectivity index (χ3n) is 4.70. The molecule has 0 radical (unpaired) electrons. The van der Waals surface area contributed by atoms with E-state index >= 15 is 0 Å². The minimum atomic E-state index is -3.97. The summed E-state index contributed by atoms with van der Waals surface area (Å²) in [5.41, 5.74) is 0. The molecular weight excluding hydrogens is 356 g/mol. The van der Waals surface area contributed by atoms with Gasteiger partial charge in [0.25, 0.3) is 0 Å². The lowest BCUT2D eigenvalue weighted by molar-refractivity contribution is -0.135. The van der Waals surface area contributed by atoms with Gasteiger partial charge in [-0.1, -0.05) is 89.9 Å². The molecule has 0 aromatic heterocycles. The van der Waals surface area contributed by atoms with Gasteiger partial charge in [0.2, 0.25) is 0 Å². The lowest BCUT2D eigenvalue weighted by Gasteiger charge is -2.07. The van der Waals surface area contributed by atoms with Crippen molar-refractivity contribution in [1.29, 1.82) is 0 Å². The first-order chi connectivity index (χ1) is 12.4. The van der Waals surface area contributed by atoms with Crippen LogP contribution in [0.4, 0.5) is 13.2 Å². The molecule has 0 N–H and O–H groups in total. The first-order valence-corrected chi connectivity index (χ1v) is 12.9. The molecule has 0 saturated carbocycles. The summed E-state index contributed by atoms with van der Waals surface area (Å²) < 4.78 is 41.6. The fourth-order valence-electron chi connectivity index (χ4n) is 3.15. The summed E-state index contributed by atoms with van der Waals surface area (Å²) in [5.74, 6) is 0. The van der Waals surface area contributed by atoms with Crippen molar-refractivity contribution in [2.24, 2.45) is 0 Å². The Hall–Kier alpha value is 0.180. The summed E-state index contributed by atoms with van der Waals surface area (Å²) in [5, 5.41) is 0. The van der Waals surface area contributed by atoms with E-state index in [0.29, 0.717) is 6.42 Å². The van der Waals surface area contributed by atoms with Crippen LogP contribution in [-0.4, -0.2) is 26.1 Å². The SMILES string of the molecule is CP(C)OCCCCCCCCCCCCCCCCCCC(F)(F)F. The molecule has 0 spiro atoms. The van der Waals surface area contributed by atoms with Crippen molar-refractivity contribution in [3.8, 4) is 0 Å². The van der Waals surface area contributed by atoms with Crippen LogP contribution in [0.1, 0.15) is 109 Å². The van der Waals surface area contributed by atoms with Crippen LogP contribution in [0.25, 0.3) is 0 Å². The standard InChI is InChI=1S/C21H42F3OP/c1-26(2)25-20-18-16-14-12-10-8-6-4-3-5-7-9-11-13-15-17-19-21(22,23)24/h3-20H2,1-2H3. The highest BCUT2D eigenvalue weighted by molar-refractivity contribution is 7.50. The van der Waals surface area contributed by atoms with Crippen LogP contribution in [0.5, 0.6) is 0 Å². The predicted octanol–water partition coefficient (Wildman–Crippen LogP) is 8.85. The highest BCUT2D eigenvalue weighted by Crippen LogP contribution is 2.26. The van der Waals surface area contributed by atoms with Gasteiger partial charge < -0.3 is 4.52 Å². The van der Waals surface area contributed by atoms with E-state index in [1.165, 1.54) is 77.0 Å². The second-order valence-corrected chi connectivity index (χ2v) is 9.55. The molecule has 0 aromatic carbocycles. The van der Waals surface area contributed by atoms with E-state index in [1.54, 1.807) is 0 Å². The van der Waals surface area contributed by atoms with E-state index in [2.05, 4.69) is 13.3 Å². The van der Waals surface area contributed by atoms with Crippen LogP contribution in [0.3, 0.4) is 0 Å². The summed E-state index contributed by atoms with van der Waals surface area (Å²) in [6, 6.07) is 0. The molecule has 0 fully saturated rings. The van der Waals surface area contributed by atoms with Gasteiger partial charge in [0.1, 0.15) is 0 Å². The van der Waals surface area contributed by atoms with Gasteiger partial charge in [-0.3, -0.25) is 0 Å². The van der Waals surface area contributed by atoms with E-state index < -0.39 is 12.6 Å². The van der Waals surface area contributed by atoms with Crippen LogP contribution >= 0.6 is 8.15 Å². The molecule has 0 bridgehead atoms. The number of rotatable bonds is 19. The molecule has 0 amide bonds. The van der Waals surface area contributed by atoms with Crippen molar-refractivity contribution in [2.45, 2.75) is 115 Å². The van der Waals surface area contributed by atoms with Crippen molar-refractivity contribution < 1.29 is 17.7 Å². The lowest BCUT2D eigenvalue weighted by Crippen LogP contribution is -2.06. The minimum Gasteiger partial charge on any atom is -0.360 e. The van der Waals surface area contributed by atoms with Crippen molar-refractivity contribution >= 4 is 8.15 Å². The molecule has 158 valence electrons. The average Bonchev–Trinajstić information content (AvgIpc) is 2.55. The number of halogens is 3. The Morgan fingerprint density at radius 1 is 0.538 bits per heavy atom. The number of hydrogen-bond donors (Lipinski definition) is 0. The molecule has 1 nitrogen and oxygen atoms in total. The summed E-state index contributed by atoms with van der Waals surface area (Å²) in [6.07, 6.45) is 14.2. The first kappa shape index (κ1) is 26.2. The molecular formula is C21H42F3OP. The van der Waals surface area contributed by atoms with Crippen molar-refractivity contribution in [3.05, 3.63) is 0 Å². The Balaban J connectivity index is 3.03. The van der Waals surface area contributed by atoms with Crippen molar-refractivity contribution in [1.82, 2.24) is 0 Å². The van der Waals surface area contributed by atoms with Crippen molar-refractivity contribution in [2.75, 3.05) is 19.9 Å². The molecule has 0 rings (SSSR count). The average molecular weight is 399 g/mol. The fraction of sp³-hybridized carbons (Fsp3) is 1.00. The smallest absolute Gasteiger partial charge is 0.360 e. The van der Waals surface area contributed by atoms with Crippen LogP contribution in [-0.2, 0) is 4.52 Å². The Kier molecular flexibility index (Phi) is 18.7. The van der Waals surface area contributed by atoms with Crippen LogP contribution in [0.2, 0.25) is 0 Å². The van der Waals surface area contributed by atoms with Crippen LogP contribution < -0.4 is 0 Å². The Morgan fingerprint density at radius 2 is 0.846 bits per heavy atom. The maximum Gasteiger partial charge on any atom is 0.389 e. The van der Waals surface area contributed by atoms with E-state index in [-0.39, 0.29) is 8.15 Å². The molecule has 0 aliphatic carbocycles. The Morgan fingerprint density at radius 3 is 1.15 bits per heavy atom. The van der Waals surface area contributed by atoms with Gasteiger partial charge in [-0.05, 0) is 26.2 Å². The van der Waals surface area contributed by atoms with Crippen LogP contribution in [0, 0.1) is 0 Å². The van der Waals surface area contributed by atoms with Crippen molar-refractivity contribution in [3.63, 3.8) is 0 Å². The minimum absolute atomic E-state index is 0.186. The largest absolute Gasteiger partial charge is 0.389 e. The molecule has 0 atom stereocenters. The van der Waals surface area contributed by atoms with Gasteiger partial charge in [-0.25, -0.2) is 0 Å². The summed E-state index contributed by atoms with van der Waals surface area (Å²) in [4.78, 5) is 0. The third kappa shape index (κ3) is 24.2. The summed E-state index contributed by atoms with van der Waals surface area (Å²) in [7, 11) is -0.186. The Bertz CT molecular complexity index is 283. The second kappa shape index (κ2) is 18.5. The maximum absolute atomic E-state index is 12.0. The summed E-state index contributed by atoms with van der Waals surface area (Å²) >= 11 is 0. The molecule has 0 unspecified atom stereocenters. The second-order valence-electron chi connectivity index (χ2n) is 7.67. The zero-order chi connectivity index (χ0) is 19.5. The molecule has 26 heavy (non-hydrogen) atoms. The monoisotopic (exact) mass is 398 g/mol. The number of unbranched alkanes of at least 4 members (excludes halogenated alkanes) is 15. The topological polar surface area (TPSA) is 9.23 Å². The number of hydrogen-bond acceptors (Lipinski definition) is 1. The third-order valence-corrected chi connectivity index (χ3v) is 5.40. The quantitative estimate of drug-likeness (QED) is 0.156. The highest BCUT2D eigenvalue weighted by atomic mass is 31.1.